The van der Waals surface area contributed by atoms with Gasteiger partial charge in [-0.25, -0.2) is 13.1 Å². The summed E-state index contributed by atoms with van der Waals surface area (Å²) in [7, 11) is -2.36. The van der Waals surface area contributed by atoms with Gasteiger partial charge in [-0.3, -0.25) is 4.90 Å². The van der Waals surface area contributed by atoms with Gasteiger partial charge >= 0.3 is 6.36 Å². The fourth-order valence-electron chi connectivity index (χ4n) is 4.04. The van der Waals surface area contributed by atoms with Crippen molar-refractivity contribution in [2.24, 2.45) is 0 Å². The minimum atomic E-state index is -4.89. The predicted molar refractivity (Wildman–Crippen MR) is 126 cm³/mol. The smallest absolute Gasteiger partial charge is 0.497 e. The van der Waals surface area contributed by atoms with Crippen LogP contribution in [0.15, 0.2) is 77.7 Å². The molecule has 1 atom stereocenters. The first kappa shape index (κ1) is 25.0. The molecule has 0 bridgehead atoms. The molecule has 10 heteroatoms. The largest absolute Gasteiger partial charge is 0.573 e. The van der Waals surface area contributed by atoms with Crippen LogP contribution in [0.1, 0.15) is 12.0 Å². The number of benzene rings is 3. The van der Waals surface area contributed by atoms with Gasteiger partial charge in [0.15, 0.2) is 0 Å². The van der Waals surface area contributed by atoms with Crippen LogP contribution in [0, 0.1) is 0 Å². The lowest BCUT2D eigenvalue weighted by molar-refractivity contribution is -0.274. The molecule has 0 aliphatic carbocycles. The molecule has 3 aromatic carbocycles. The van der Waals surface area contributed by atoms with Crippen molar-refractivity contribution < 1.29 is 31.1 Å². The fraction of sp³-hybridized carbons (Fsp3) is 0.280. The molecule has 1 saturated heterocycles. The van der Waals surface area contributed by atoms with Crippen molar-refractivity contribution in [2.45, 2.75) is 30.3 Å². The Bertz CT molecular complexity index is 1250. The van der Waals surface area contributed by atoms with Gasteiger partial charge in [-0.05, 0) is 47.4 Å². The van der Waals surface area contributed by atoms with E-state index in [2.05, 4.69) is 14.4 Å². The fourth-order valence-corrected chi connectivity index (χ4v) is 5.34. The van der Waals surface area contributed by atoms with Crippen LogP contribution in [0.4, 0.5) is 13.2 Å². The van der Waals surface area contributed by atoms with Crippen LogP contribution in [0.5, 0.6) is 11.5 Å². The van der Waals surface area contributed by atoms with Crippen LogP contribution in [0.25, 0.3) is 11.1 Å². The van der Waals surface area contributed by atoms with E-state index in [1.807, 2.05) is 48.5 Å². The molecule has 1 N–H and O–H groups in total. The maximum absolute atomic E-state index is 12.7. The Morgan fingerprint density at radius 3 is 2.26 bits per heavy atom. The van der Waals surface area contributed by atoms with Gasteiger partial charge in [0, 0.05) is 31.7 Å². The van der Waals surface area contributed by atoms with E-state index in [1.165, 1.54) is 12.1 Å². The number of hydrogen-bond donors (Lipinski definition) is 1. The Kier molecular flexibility index (Phi) is 7.34. The summed E-state index contributed by atoms with van der Waals surface area (Å²) in [5, 5.41) is 0. The molecule has 3 aromatic rings. The van der Waals surface area contributed by atoms with E-state index in [1.54, 1.807) is 7.11 Å². The first-order valence-electron chi connectivity index (χ1n) is 11.0. The summed E-state index contributed by atoms with van der Waals surface area (Å²) in [6.07, 6.45) is -4.30. The summed E-state index contributed by atoms with van der Waals surface area (Å²) in [4.78, 5) is 1.87. The standard InChI is InChI=1S/C25H25F3N2O4S/c1-33-22-11-9-20(10-12-22)19-7-5-18(6-8-19)16-30-14-13-21(17-30)29-35(31,32)24-4-2-3-23(15-24)34-25(26,27)28/h2-12,15,21,29H,13-14,16-17H2,1H3/t21-/m1/s1. The molecule has 6 nitrogen and oxygen atoms in total. The Balaban J connectivity index is 1.34. The zero-order valence-electron chi connectivity index (χ0n) is 19.0. The maximum atomic E-state index is 12.7. The van der Waals surface area contributed by atoms with E-state index in [9.17, 15) is 21.6 Å². The van der Waals surface area contributed by atoms with Gasteiger partial charge < -0.3 is 9.47 Å². The average molecular weight is 507 g/mol. The Morgan fingerprint density at radius 1 is 0.971 bits per heavy atom. The second-order valence-electron chi connectivity index (χ2n) is 8.29. The predicted octanol–water partition coefficient (Wildman–Crippen LogP) is 4.81. The summed E-state index contributed by atoms with van der Waals surface area (Å²) in [6.45, 7) is 1.86. The van der Waals surface area contributed by atoms with Gasteiger partial charge in [0.2, 0.25) is 10.0 Å². The van der Waals surface area contributed by atoms with Crippen LogP contribution in [-0.2, 0) is 16.6 Å². The van der Waals surface area contributed by atoms with Crippen LogP contribution in [-0.4, -0.2) is 45.9 Å². The molecule has 0 spiro atoms. The second-order valence-corrected chi connectivity index (χ2v) is 10.0. The summed E-state index contributed by atoms with van der Waals surface area (Å²) < 4.78 is 74.4. The van der Waals surface area contributed by atoms with E-state index in [0.717, 1.165) is 34.6 Å². The summed E-state index contributed by atoms with van der Waals surface area (Å²) in [5.41, 5.74) is 3.26. The maximum Gasteiger partial charge on any atom is 0.573 e. The molecule has 0 amide bonds. The van der Waals surface area contributed by atoms with Crippen LogP contribution >= 0.6 is 0 Å². The highest BCUT2D eigenvalue weighted by molar-refractivity contribution is 7.89. The Hall–Kier alpha value is -3.08. The number of ether oxygens (including phenoxy) is 2. The molecular weight excluding hydrogens is 481 g/mol. The van der Waals surface area contributed by atoms with E-state index in [-0.39, 0.29) is 10.9 Å². The van der Waals surface area contributed by atoms with Gasteiger partial charge in [-0.2, -0.15) is 0 Å². The number of rotatable bonds is 8. The Morgan fingerprint density at radius 2 is 1.63 bits per heavy atom. The van der Waals surface area contributed by atoms with E-state index in [4.69, 9.17) is 4.74 Å². The third-order valence-electron chi connectivity index (χ3n) is 5.73. The lowest BCUT2D eigenvalue weighted by atomic mass is 10.0. The third-order valence-corrected chi connectivity index (χ3v) is 7.25. The lowest BCUT2D eigenvalue weighted by Gasteiger charge is -2.17. The number of nitrogens with zero attached hydrogens (tertiary/aromatic N) is 1. The van der Waals surface area contributed by atoms with Gasteiger partial charge in [-0.15, -0.1) is 13.2 Å². The van der Waals surface area contributed by atoms with Gasteiger partial charge in [0.05, 0.1) is 12.0 Å². The SMILES string of the molecule is COc1ccc(-c2ccc(CN3CC[C@@H](NS(=O)(=O)c4cccc(OC(F)(F)F)c4)C3)cc2)cc1. The third kappa shape index (κ3) is 6.74. The number of sulfonamides is 1. The summed E-state index contributed by atoms with van der Waals surface area (Å²) >= 11 is 0. The minimum Gasteiger partial charge on any atom is -0.497 e. The molecule has 1 aliphatic heterocycles. The molecule has 4 rings (SSSR count). The van der Waals surface area contributed by atoms with Crippen LogP contribution in [0.2, 0.25) is 0 Å². The number of likely N-dealkylation sites (tertiary alicyclic amines) is 1. The van der Waals surface area contributed by atoms with Gasteiger partial charge in [0.1, 0.15) is 11.5 Å². The highest BCUT2D eigenvalue weighted by Gasteiger charge is 2.32. The molecule has 186 valence electrons. The number of hydrogen-bond acceptors (Lipinski definition) is 5. The van der Waals surface area contributed by atoms with Crippen molar-refractivity contribution in [3.05, 3.63) is 78.4 Å². The zero-order valence-corrected chi connectivity index (χ0v) is 19.8. The first-order valence-corrected chi connectivity index (χ1v) is 12.4. The van der Waals surface area contributed by atoms with Crippen molar-refractivity contribution in [3.63, 3.8) is 0 Å². The average Bonchev–Trinajstić information content (AvgIpc) is 3.24. The molecule has 1 aliphatic rings. The van der Waals surface area contributed by atoms with Crippen LogP contribution in [0.3, 0.4) is 0 Å². The lowest BCUT2D eigenvalue weighted by Crippen LogP contribution is -2.37. The molecule has 0 radical (unpaired) electrons. The van der Waals surface area contributed by atoms with Gasteiger partial charge in [0.25, 0.3) is 0 Å². The molecular formula is C25H25F3N2O4S. The van der Waals surface area contributed by atoms with Crippen molar-refractivity contribution >= 4 is 10.0 Å². The molecule has 0 unspecified atom stereocenters. The quantitative estimate of drug-likeness (QED) is 0.475. The molecule has 0 aromatic heterocycles. The van der Waals surface area contributed by atoms with E-state index >= 15 is 0 Å². The highest BCUT2D eigenvalue weighted by Crippen LogP contribution is 2.26. The number of nitrogens with one attached hydrogen (secondary N) is 1. The van der Waals surface area contributed by atoms with Gasteiger partial charge in [-0.1, -0.05) is 42.5 Å². The highest BCUT2D eigenvalue weighted by atomic mass is 32.2. The topological polar surface area (TPSA) is 67.9 Å². The molecule has 1 fully saturated rings. The van der Waals surface area contributed by atoms with E-state index in [0.29, 0.717) is 26.1 Å². The number of methoxy groups -OCH3 is 1. The zero-order chi connectivity index (χ0) is 25.1. The molecule has 0 saturated carbocycles. The normalized spacial score (nSPS) is 16.9. The van der Waals surface area contributed by atoms with Crippen molar-refractivity contribution in [2.75, 3.05) is 20.2 Å². The monoisotopic (exact) mass is 506 g/mol. The van der Waals surface area contributed by atoms with Crippen LogP contribution < -0.4 is 14.2 Å². The summed E-state index contributed by atoms with van der Waals surface area (Å²) in [5.74, 6) is 0.221. The number of halogens is 3. The Labute approximate surface area is 202 Å². The summed E-state index contributed by atoms with van der Waals surface area (Å²) in [6, 6.07) is 20.0. The van der Waals surface area contributed by atoms with E-state index < -0.39 is 22.1 Å². The van der Waals surface area contributed by atoms with Crippen molar-refractivity contribution in [1.82, 2.24) is 9.62 Å². The minimum absolute atomic E-state index is 0.271. The molecule has 1 heterocycles. The first-order chi connectivity index (χ1) is 16.6. The number of alkyl halides is 3. The van der Waals surface area contributed by atoms with Crippen molar-refractivity contribution in [3.8, 4) is 22.6 Å². The van der Waals surface area contributed by atoms with Crippen molar-refractivity contribution in [1.29, 1.82) is 0 Å². The second kappa shape index (κ2) is 10.3. The molecule has 35 heavy (non-hydrogen) atoms.